The van der Waals surface area contributed by atoms with E-state index in [-0.39, 0.29) is 30.2 Å². The number of nitrogens with one attached hydrogen (secondary N) is 2. The van der Waals surface area contributed by atoms with Crippen LogP contribution in [0.2, 0.25) is 0 Å². The fourth-order valence-corrected chi connectivity index (χ4v) is 2.73. The van der Waals surface area contributed by atoms with Crippen molar-refractivity contribution in [3.8, 4) is 0 Å². The van der Waals surface area contributed by atoms with E-state index in [0.29, 0.717) is 5.56 Å². The molecule has 2 rings (SSSR count). The molecule has 5 nitrogen and oxygen atoms in total. The second-order valence-electron chi connectivity index (χ2n) is 7.37. The van der Waals surface area contributed by atoms with Crippen molar-refractivity contribution in [3.05, 3.63) is 75.4 Å². The summed E-state index contributed by atoms with van der Waals surface area (Å²) < 4.78 is 0.916. The predicted octanol–water partition coefficient (Wildman–Crippen LogP) is 3.63. The van der Waals surface area contributed by atoms with Crippen molar-refractivity contribution in [3.63, 3.8) is 0 Å². The number of aliphatic hydroxyl groups is 1. The molecule has 0 spiro atoms. The smallest absolute Gasteiger partial charge is 0.267 e. The van der Waals surface area contributed by atoms with Crippen LogP contribution in [-0.2, 0) is 10.2 Å². The van der Waals surface area contributed by atoms with Crippen LogP contribution in [0, 0.1) is 0 Å². The molecule has 148 valence electrons. The highest BCUT2D eigenvalue weighted by Gasteiger charge is 2.17. The third kappa shape index (κ3) is 6.32. The molecule has 0 fully saturated rings. The van der Waals surface area contributed by atoms with E-state index in [9.17, 15) is 9.59 Å². The summed E-state index contributed by atoms with van der Waals surface area (Å²) in [5.74, 6) is -0.834. The minimum absolute atomic E-state index is 0.00810. The fourth-order valence-electron chi connectivity index (χ4n) is 2.46. The van der Waals surface area contributed by atoms with Crippen LogP contribution in [0.25, 0.3) is 6.08 Å². The van der Waals surface area contributed by atoms with Crippen LogP contribution >= 0.6 is 15.9 Å². The third-order valence-electron chi connectivity index (χ3n) is 4.08. The Bertz CT molecular complexity index is 851. The highest BCUT2D eigenvalue weighted by Crippen LogP contribution is 2.22. The lowest BCUT2D eigenvalue weighted by molar-refractivity contribution is -0.117. The summed E-state index contributed by atoms with van der Waals surface area (Å²) >= 11 is 3.37. The second-order valence-corrected chi connectivity index (χ2v) is 8.29. The summed E-state index contributed by atoms with van der Waals surface area (Å²) in [5, 5.41) is 14.2. The normalized spacial score (nSPS) is 11.8. The molecule has 2 aromatic rings. The van der Waals surface area contributed by atoms with E-state index in [1.165, 1.54) is 0 Å². The summed E-state index contributed by atoms with van der Waals surface area (Å²) in [5.41, 5.74) is 2.45. The molecule has 0 atom stereocenters. The summed E-state index contributed by atoms with van der Waals surface area (Å²) in [6, 6.07) is 14.7. The second kappa shape index (κ2) is 9.66. The molecule has 0 heterocycles. The zero-order chi connectivity index (χ0) is 20.7. The van der Waals surface area contributed by atoms with E-state index in [1.54, 1.807) is 18.2 Å². The third-order valence-corrected chi connectivity index (χ3v) is 4.61. The first-order chi connectivity index (χ1) is 13.2. The van der Waals surface area contributed by atoms with Crippen molar-refractivity contribution in [1.82, 2.24) is 10.6 Å². The standard InChI is InChI=1S/C22H25BrN2O3/c1-22(2,3)17-8-6-16(7-9-17)20(27)25-19(21(28)24-12-13-26)14-15-4-10-18(23)11-5-15/h4-11,14,26H,12-13H2,1-3H3,(H,24,28)(H,25,27)/b19-14-. The van der Waals surface area contributed by atoms with Gasteiger partial charge in [0.05, 0.1) is 6.61 Å². The first-order valence-electron chi connectivity index (χ1n) is 8.99. The van der Waals surface area contributed by atoms with Gasteiger partial charge < -0.3 is 15.7 Å². The van der Waals surface area contributed by atoms with E-state index in [4.69, 9.17) is 5.11 Å². The van der Waals surface area contributed by atoms with Crippen LogP contribution < -0.4 is 10.6 Å². The minimum atomic E-state index is -0.461. The Balaban J connectivity index is 2.24. The number of amides is 2. The molecule has 6 heteroatoms. The maximum atomic E-state index is 12.6. The van der Waals surface area contributed by atoms with Crippen molar-refractivity contribution in [1.29, 1.82) is 0 Å². The Morgan fingerprint density at radius 1 is 1.04 bits per heavy atom. The Morgan fingerprint density at radius 3 is 2.18 bits per heavy atom. The SMILES string of the molecule is CC(C)(C)c1ccc(C(=O)N/C(=C\c2ccc(Br)cc2)C(=O)NCCO)cc1. The van der Waals surface area contributed by atoms with E-state index in [2.05, 4.69) is 47.3 Å². The van der Waals surface area contributed by atoms with Gasteiger partial charge in [0.2, 0.25) is 0 Å². The Kier molecular flexibility index (Phi) is 7.54. The lowest BCUT2D eigenvalue weighted by Crippen LogP contribution is -2.36. The molecular weight excluding hydrogens is 420 g/mol. The van der Waals surface area contributed by atoms with Gasteiger partial charge in [0.15, 0.2) is 0 Å². The molecule has 28 heavy (non-hydrogen) atoms. The summed E-state index contributed by atoms with van der Waals surface area (Å²) in [4.78, 5) is 25.1. The largest absolute Gasteiger partial charge is 0.395 e. The van der Waals surface area contributed by atoms with Crippen LogP contribution in [0.15, 0.2) is 58.7 Å². The number of benzene rings is 2. The molecule has 0 aromatic heterocycles. The van der Waals surface area contributed by atoms with E-state index in [0.717, 1.165) is 15.6 Å². The number of hydrogen-bond acceptors (Lipinski definition) is 3. The number of aliphatic hydroxyl groups excluding tert-OH is 1. The number of carbonyl (C=O) groups is 2. The van der Waals surface area contributed by atoms with Gasteiger partial charge in [0.25, 0.3) is 11.8 Å². The quantitative estimate of drug-likeness (QED) is 0.595. The molecule has 0 saturated heterocycles. The molecule has 2 aromatic carbocycles. The molecule has 0 aliphatic heterocycles. The van der Waals surface area contributed by atoms with Crippen LogP contribution in [0.1, 0.15) is 42.3 Å². The zero-order valence-corrected chi connectivity index (χ0v) is 17.8. The molecule has 0 radical (unpaired) electrons. The summed E-state index contributed by atoms with van der Waals surface area (Å²) in [6.07, 6.45) is 1.60. The highest BCUT2D eigenvalue weighted by atomic mass is 79.9. The van der Waals surface area contributed by atoms with Gasteiger partial charge in [-0.25, -0.2) is 0 Å². The Labute approximate surface area is 174 Å². The number of rotatable bonds is 6. The average Bonchev–Trinajstić information content (AvgIpc) is 2.66. The van der Waals surface area contributed by atoms with E-state index in [1.807, 2.05) is 36.4 Å². The van der Waals surface area contributed by atoms with Gasteiger partial charge in [-0.2, -0.15) is 0 Å². The first kappa shape index (κ1) is 21.9. The van der Waals surface area contributed by atoms with Gasteiger partial charge in [-0.3, -0.25) is 9.59 Å². The average molecular weight is 445 g/mol. The monoisotopic (exact) mass is 444 g/mol. The number of carbonyl (C=O) groups excluding carboxylic acids is 2. The van der Waals surface area contributed by atoms with E-state index < -0.39 is 5.91 Å². The maximum Gasteiger partial charge on any atom is 0.267 e. The highest BCUT2D eigenvalue weighted by molar-refractivity contribution is 9.10. The minimum Gasteiger partial charge on any atom is -0.395 e. The van der Waals surface area contributed by atoms with Gasteiger partial charge in [0, 0.05) is 16.6 Å². The van der Waals surface area contributed by atoms with Crippen molar-refractivity contribution in [2.75, 3.05) is 13.2 Å². The van der Waals surface area contributed by atoms with Crippen molar-refractivity contribution in [2.45, 2.75) is 26.2 Å². The van der Waals surface area contributed by atoms with Gasteiger partial charge in [0.1, 0.15) is 5.70 Å². The molecule has 0 unspecified atom stereocenters. The first-order valence-corrected chi connectivity index (χ1v) is 9.78. The van der Waals surface area contributed by atoms with E-state index >= 15 is 0 Å². The molecule has 0 aliphatic rings. The zero-order valence-electron chi connectivity index (χ0n) is 16.3. The van der Waals surface area contributed by atoms with Crippen molar-refractivity contribution in [2.24, 2.45) is 0 Å². The lowest BCUT2D eigenvalue weighted by Gasteiger charge is -2.19. The Morgan fingerprint density at radius 2 is 1.64 bits per heavy atom. The molecule has 3 N–H and O–H groups in total. The van der Waals surface area contributed by atoms with Gasteiger partial charge >= 0.3 is 0 Å². The number of hydrogen-bond donors (Lipinski definition) is 3. The molecule has 0 bridgehead atoms. The number of halogens is 1. The van der Waals surface area contributed by atoms with Crippen molar-refractivity contribution >= 4 is 33.8 Å². The molecular formula is C22H25BrN2O3. The molecule has 0 saturated carbocycles. The van der Waals surface area contributed by atoms with Crippen molar-refractivity contribution < 1.29 is 14.7 Å². The Hall–Kier alpha value is -2.44. The van der Waals surface area contributed by atoms with Crippen LogP contribution in [-0.4, -0.2) is 30.1 Å². The predicted molar refractivity (Wildman–Crippen MR) is 115 cm³/mol. The fraction of sp³-hybridized carbons (Fsp3) is 0.273. The van der Waals surface area contributed by atoms with Crippen LogP contribution in [0.4, 0.5) is 0 Å². The van der Waals surface area contributed by atoms with Crippen LogP contribution in [0.5, 0.6) is 0 Å². The van der Waals surface area contributed by atoms with Gasteiger partial charge in [-0.05, 0) is 46.9 Å². The molecule has 2 amide bonds. The maximum absolute atomic E-state index is 12.6. The topological polar surface area (TPSA) is 78.4 Å². The van der Waals surface area contributed by atoms with Crippen LogP contribution in [0.3, 0.4) is 0 Å². The van der Waals surface area contributed by atoms with Gasteiger partial charge in [-0.1, -0.05) is 61.0 Å². The molecule has 0 aliphatic carbocycles. The summed E-state index contributed by atoms with van der Waals surface area (Å²) in [6.45, 7) is 6.23. The summed E-state index contributed by atoms with van der Waals surface area (Å²) in [7, 11) is 0. The van der Waals surface area contributed by atoms with Gasteiger partial charge in [-0.15, -0.1) is 0 Å². The lowest BCUT2D eigenvalue weighted by atomic mass is 9.87.